The van der Waals surface area contributed by atoms with Crippen molar-refractivity contribution in [3.63, 3.8) is 0 Å². The van der Waals surface area contributed by atoms with E-state index in [9.17, 15) is 5.11 Å². The molecule has 1 N–H and O–H groups in total. The van der Waals surface area contributed by atoms with E-state index in [2.05, 4.69) is 41.1 Å². The van der Waals surface area contributed by atoms with E-state index >= 15 is 0 Å². The molecule has 0 aliphatic carbocycles. The Hall–Kier alpha value is -2.25. The van der Waals surface area contributed by atoms with Crippen LogP contribution in [0, 0.1) is 0 Å². The first kappa shape index (κ1) is 20.0. The molecule has 0 spiro atoms. The van der Waals surface area contributed by atoms with Gasteiger partial charge in [-0.05, 0) is 66.1 Å². The second kappa shape index (κ2) is 7.88. The van der Waals surface area contributed by atoms with Gasteiger partial charge in [0.05, 0.1) is 11.1 Å². The Morgan fingerprint density at radius 3 is 2.59 bits per heavy atom. The van der Waals surface area contributed by atoms with Crippen LogP contribution in [0.25, 0.3) is 22.5 Å². The summed E-state index contributed by atoms with van der Waals surface area (Å²) >= 11 is 0. The molecule has 0 amide bonds. The number of benzene rings is 1. The molecule has 29 heavy (non-hydrogen) atoms. The van der Waals surface area contributed by atoms with Gasteiger partial charge < -0.3 is 14.4 Å². The summed E-state index contributed by atoms with van der Waals surface area (Å²) in [6, 6.07) is 8.43. The van der Waals surface area contributed by atoms with Gasteiger partial charge in [-0.3, -0.25) is 4.68 Å². The Morgan fingerprint density at radius 2 is 1.90 bits per heavy atom. The summed E-state index contributed by atoms with van der Waals surface area (Å²) in [6.45, 7) is 10.9. The van der Waals surface area contributed by atoms with Gasteiger partial charge in [-0.1, -0.05) is 18.2 Å². The molecule has 0 atom stereocenters. The van der Waals surface area contributed by atoms with Gasteiger partial charge in [0.2, 0.25) is 5.89 Å². The molecule has 1 fully saturated rings. The van der Waals surface area contributed by atoms with Crippen LogP contribution < -0.4 is 0 Å². The van der Waals surface area contributed by atoms with Crippen molar-refractivity contribution in [3.8, 4) is 11.6 Å². The molecule has 7 nitrogen and oxygen atoms in total. The van der Waals surface area contributed by atoms with E-state index in [4.69, 9.17) is 9.52 Å². The van der Waals surface area contributed by atoms with Gasteiger partial charge in [0.25, 0.3) is 5.89 Å². The van der Waals surface area contributed by atoms with Crippen molar-refractivity contribution in [2.75, 3.05) is 19.6 Å². The number of hydrogen-bond acceptors (Lipinski definition) is 6. The summed E-state index contributed by atoms with van der Waals surface area (Å²) < 4.78 is 8.11. The van der Waals surface area contributed by atoms with Crippen molar-refractivity contribution in [1.82, 2.24) is 24.9 Å². The minimum absolute atomic E-state index is 0.254. The fraction of sp³-hybridized carbons (Fsp3) is 0.591. The summed E-state index contributed by atoms with van der Waals surface area (Å²) in [4.78, 5) is 2.41. The molecule has 0 radical (unpaired) electrons. The van der Waals surface area contributed by atoms with Gasteiger partial charge in [-0.15, -0.1) is 10.2 Å². The first-order chi connectivity index (χ1) is 13.8. The average Bonchev–Trinajstić information content (AvgIpc) is 3.31. The van der Waals surface area contributed by atoms with Crippen LogP contribution in [-0.4, -0.2) is 55.2 Å². The predicted octanol–water partition coefficient (Wildman–Crippen LogP) is 4.01. The third-order valence-electron chi connectivity index (χ3n) is 5.72. The van der Waals surface area contributed by atoms with Crippen LogP contribution in [0.2, 0.25) is 0 Å². The molecule has 0 unspecified atom stereocenters. The standard InChI is InChI=1S/C22H31N5O2/c1-15(2)27-18-8-6-5-7-17(18)19(25-27)21-24-23-20(29-21)16-9-12-26(13-10-16)14-11-22(3,4)28/h5-8,15-16,28H,9-14H2,1-4H3. The Bertz CT molecular complexity index is 961. The lowest BCUT2D eigenvalue weighted by Gasteiger charge is -2.32. The van der Waals surface area contributed by atoms with Gasteiger partial charge in [0.1, 0.15) is 0 Å². The van der Waals surface area contributed by atoms with Crippen molar-refractivity contribution in [3.05, 3.63) is 30.2 Å². The molecule has 1 aromatic carbocycles. The molecule has 3 heterocycles. The van der Waals surface area contributed by atoms with E-state index in [-0.39, 0.29) is 12.0 Å². The van der Waals surface area contributed by atoms with E-state index in [1.807, 2.05) is 30.7 Å². The number of likely N-dealkylation sites (tertiary alicyclic amines) is 1. The Kier molecular flexibility index (Phi) is 5.44. The normalized spacial score (nSPS) is 16.9. The molecular weight excluding hydrogens is 366 g/mol. The second-order valence-corrected chi connectivity index (χ2v) is 9.03. The van der Waals surface area contributed by atoms with Crippen LogP contribution in [0.5, 0.6) is 0 Å². The van der Waals surface area contributed by atoms with Crippen LogP contribution in [0.4, 0.5) is 0 Å². The van der Waals surface area contributed by atoms with E-state index in [0.29, 0.717) is 11.8 Å². The summed E-state index contributed by atoms with van der Waals surface area (Å²) in [5, 5.41) is 24.4. The predicted molar refractivity (Wildman–Crippen MR) is 113 cm³/mol. The van der Waals surface area contributed by atoms with Crippen LogP contribution >= 0.6 is 0 Å². The average molecular weight is 398 g/mol. The third kappa shape index (κ3) is 4.36. The molecule has 3 aromatic rings. The fourth-order valence-corrected chi connectivity index (χ4v) is 3.97. The number of rotatable bonds is 6. The molecule has 2 aromatic heterocycles. The molecule has 0 saturated carbocycles. The molecule has 1 aliphatic rings. The van der Waals surface area contributed by atoms with Crippen molar-refractivity contribution in [2.45, 2.75) is 64.5 Å². The third-order valence-corrected chi connectivity index (χ3v) is 5.72. The number of aliphatic hydroxyl groups is 1. The summed E-state index contributed by atoms with van der Waals surface area (Å²) in [6.07, 6.45) is 2.78. The zero-order valence-electron chi connectivity index (χ0n) is 17.8. The lowest BCUT2D eigenvalue weighted by atomic mass is 9.96. The van der Waals surface area contributed by atoms with E-state index in [1.54, 1.807) is 0 Å². The van der Waals surface area contributed by atoms with Crippen molar-refractivity contribution in [2.24, 2.45) is 0 Å². The van der Waals surface area contributed by atoms with Crippen LogP contribution in [0.3, 0.4) is 0 Å². The molecule has 0 bridgehead atoms. The maximum atomic E-state index is 9.93. The van der Waals surface area contributed by atoms with Gasteiger partial charge in [0.15, 0.2) is 5.69 Å². The number of hydrogen-bond donors (Lipinski definition) is 1. The maximum Gasteiger partial charge on any atom is 0.268 e. The van der Waals surface area contributed by atoms with E-state index in [0.717, 1.165) is 55.5 Å². The van der Waals surface area contributed by atoms with Gasteiger partial charge in [-0.25, -0.2) is 0 Å². The first-order valence-electron chi connectivity index (χ1n) is 10.6. The number of piperidine rings is 1. The lowest BCUT2D eigenvalue weighted by Crippen LogP contribution is -2.36. The summed E-state index contributed by atoms with van der Waals surface area (Å²) in [7, 11) is 0. The maximum absolute atomic E-state index is 9.93. The molecule has 1 saturated heterocycles. The number of para-hydroxylation sites is 1. The Labute approximate surface area is 171 Å². The summed E-state index contributed by atoms with van der Waals surface area (Å²) in [5.74, 6) is 1.50. The molecular formula is C22H31N5O2. The van der Waals surface area contributed by atoms with E-state index < -0.39 is 5.60 Å². The minimum atomic E-state index is -0.611. The highest BCUT2D eigenvalue weighted by Gasteiger charge is 2.27. The number of aromatic nitrogens is 4. The highest BCUT2D eigenvalue weighted by molar-refractivity contribution is 5.91. The fourth-order valence-electron chi connectivity index (χ4n) is 3.97. The SMILES string of the molecule is CC(C)n1nc(-c2nnc(C3CCN(CCC(C)(C)O)CC3)o2)c2ccccc21. The largest absolute Gasteiger partial charge is 0.419 e. The first-order valence-corrected chi connectivity index (χ1v) is 10.6. The van der Waals surface area contributed by atoms with Gasteiger partial charge in [0, 0.05) is 23.9 Å². The Balaban J connectivity index is 1.48. The highest BCUT2D eigenvalue weighted by Crippen LogP contribution is 2.32. The Morgan fingerprint density at radius 1 is 1.17 bits per heavy atom. The highest BCUT2D eigenvalue weighted by atomic mass is 16.4. The van der Waals surface area contributed by atoms with Gasteiger partial charge in [-0.2, -0.15) is 5.10 Å². The molecule has 1 aliphatic heterocycles. The zero-order chi connectivity index (χ0) is 20.6. The monoisotopic (exact) mass is 397 g/mol. The van der Waals surface area contributed by atoms with Crippen molar-refractivity contribution in [1.29, 1.82) is 0 Å². The second-order valence-electron chi connectivity index (χ2n) is 9.03. The molecule has 156 valence electrons. The van der Waals surface area contributed by atoms with Crippen LogP contribution in [0.1, 0.15) is 64.8 Å². The van der Waals surface area contributed by atoms with Crippen molar-refractivity contribution < 1.29 is 9.52 Å². The minimum Gasteiger partial charge on any atom is -0.419 e. The number of nitrogens with zero attached hydrogens (tertiary/aromatic N) is 5. The zero-order valence-corrected chi connectivity index (χ0v) is 17.8. The van der Waals surface area contributed by atoms with Gasteiger partial charge >= 0.3 is 0 Å². The van der Waals surface area contributed by atoms with E-state index in [1.165, 1.54) is 0 Å². The quantitative estimate of drug-likeness (QED) is 0.677. The van der Waals surface area contributed by atoms with Crippen LogP contribution in [-0.2, 0) is 0 Å². The smallest absolute Gasteiger partial charge is 0.268 e. The summed E-state index contributed by atoms with van der Waals surface area (Å²) in [5.41, 5.74) is 1.23. The lowest BCUT2D eigenvalue weighted by molar-refractivity contribution is 0.0535. The molecule has 4 rings (SSSR count). The number of fused-ring (bicyclic) bond motifs is 1. The van der Waals surface area contributed by atoms with Crippen molar-refractivity contribution >= 4 is 10.9 Å². The molecule has 7 heteroatoms. The van der Waals surface area contributed by atoms with Crippen LogP contribution in [0.15, 0.2) is 28.7 Å². The topological polar surface area (TPSA) is 80.2 Å².